The Hall–Kier alpha value is -2.04. The van der Waals surface area contributed by atoms with E-state index in [1.807, 2.05) is 0 Å². The van der Waals surface area contributed by atoms with Gasteiger partial charge < -0.3 is 15.5 Å². The Morgan fingerprint density at radius 3 is 2.57 bits per heavy atom. The molecule has 3 amide bonds. The second-order valence-corrected chi connectivity index (χ2v) is 7.27. The van der Waals surface area contributed by atoms with Crippen molar-refractivity contribution in [3.63, 3.8) is 0 Å². The number of hydrogen-bond acceptors (Lipinski definition) is 2. The number of likely N-dealkylation sites (tertiary alicyclic amines) is 1. The predicted molar refractivity (Wildman–Crippen MR) is 89.2 cm³/mol. The van der Waals surface area contributed by atoms with Gasteiger partial charge in [0.05, 0.1) is 0 Å². The van der Waals surface area contributed by atoms with Crippen molar-refractivity contribution < 1.29 is 9.59 Å². The first-order chi connectivity index (χ1) is 11.0. The van der Waals surface area contributed by atoms with E-state index in [-0.39, 0.29) is 23.4 Å². The second kappa shape index (κ2) is 6.22. The molecule has 1 fully saturated rings. The van der Waals surface area contributed by atoms with Gasteiger partial charge in [-0.2, -0.15) is 0 Å². The molecule has 0 radical (unpaired) electrons. The van der Waals surface area contributed by atoms with E-state index in [0.29, 0.717) is 19.5 Å². The van der Waals surface area contributed by atoms with Gasteiger partial charge in [0.2, 0.25) is 5.91 Å². The monoisotopic (exact) mass is 315 g/mol. The summed E-state index contributed by atoms with van der Waals surface area (Å²) in [5.41, 5.74) is 2.87. The Balaban J connectivity index is 1.47. The Morgan fingerprint density at radius 2 is 1.96 bits per heavy atom. The highest BCUT2D eigenvalue weighted by molar-refractivity contribution is 5.78. The molecule has 23 heavy (non-hydrogen) atoms. The minimum absolute atomic E-state index is 0.0475. The van der Waals surface area contributed by atoms with Crippen molar-refractivity contribution >= 4 is 11.9 Å². The number of fused-ring (bicyclic) bond motifs is 1. The van der Waals surface area contributed by atoms with Crippen molar-refractivity contribution in [2.75, 3.05) is 20.1 Å². The van der Waals surface area contributed by atoms with E-state index in [1.165, 1.54) is 11.1 Å². The number of piperidine rings is 1. The highest BCUT2D eigenvalue weighted by Crippen LogP contribution is 2.35. The number of nitrogens with zero attached hydrogens (tertiary/aromatic N) is 1. The standard InChI is InChI=1S/C18H25N3O2/c1-18(9-13-5-3-4-6-14(13)10-18)12-19-17(23)20-15-7-8-16(22)21(2)11-15/h3-6,15H,7-12H2,1-2H3,(H2,19,20,23). The number of carbonyl (C=O) groups excluding carboxylic acids is 2. The molecule has 5 nitrogen and oxygen atoms in total. The van der Waals surface area contributed by atoms with Gasteiger partial charge in [-0.05, 0) is 35.8 Å². The zero-order valence-electron chi connectivity index (χ0n) is 13.9. The summed E-state index contributed by atoms with van der Waals surface area (Å²) in [6.07, 6.45) is 3.24. The van der Waals surface area contributed by atoms with Crippen LogP contribution in [0.15, 0.2) is 24.3 Å². The van der Waals surface area contributed by atoms with Gasteiger partial charge in [0.15, 0.2) is 0 Å². The number of carbonyl (C=O) groups is 2. The fourth-order valence-corrected chi connectivity index (χ4v) is 3.67. The van der Waals surface area contributed by atoms with Crippen LogP contribution in [-0.4, -0.2) is 43.0 Å². The highest BCUT2D eigenvalue weighted by atomic mass is 16.2. The van der Waals surface area contributed by atoms with Gasteiger partial charge in [-0.1, -0.05) is 31.2 Å². The molecule has 0 spiro atoms. The van der Waals surface area contributed by atoms with E-state index in [0.717, 1.165) is 19.3 Å². The van der Waals surface area contributed by atoms with E-state index >= 15 is 0 Å². The van der Waals surface area contributed by atoms with Crippen LogP contribution in [0.25, 0.3) is 0 Å². The number of likely N-dealkylation sites (N-methyl/N-ethyl adjacent to an activating group) is 1. The van der Waals surface area contributed by atoms with Gasteiger partial charge >= 0.3 is 6.03 Å². The lowest BCUT2D eigenvalue weighted by Gasteiger charge is -2.31. The van der Waals surface area contributed by atoms with E-state index < -0.39 is 0 Å². The molecular weight excluding hydrogens is 290 g/mol. The summed E-state index contributed by atoms with van der Waals surface area (Å²) >= 11 is 0. The van der Waals surface area contributed by atoms with E-state index in [2.05, 4.69) is 41.8 Å². The minimum Gasteiger partial charge on any atom is -0.344 e. The maximum atomic E-state index is 12.1. The average molecular weight is 315 g/mol. The molecule has 1 atom stereocenters. The molecule has 1 aliphatic carbocycles. The molecule has 1 aliphatic heterocycles. The summed E-state index contributed by atoms with van der Waals surface area (Å²) in [7, 11) is 1.78. The largest absolute Gasteiger partial charge is 0.344 e. The van der Waals surface area contributed by atoms with Gasteiger partial charge in [-0.15, -0.1) is 0 Å². The molecule has 0 aromatic heterocycles. The Bertz CT molecular complexity index is 589. The predicted octanol–water partition coefficient (Wildman–Crippen LogP) is 1.71. The molecular formula is C18H25N3O2. The molecule has 1 aromatic rings. The SMILES string of the molecule is CN1CC(NC(=O)NCC2(C)Cc3ccccc3C2)CCC1=O. The molecule has 3 rings (SSSR count). The van der Waals surface area contributed by atoms with Crippen LogP contribution in [0.5, 0.6) is 0 Å². The summed E-state index contributed by atoms with van der Waals surface area (Å²) in [6, 6.07) is 8.42. The van der Waals surface area contributed by atoms with E-state index in [1.54, 1.807) is 11.9 Å². The number of hydrogen-bond donors (Lipinski definition) is 2. The van der Waals surface area contributed by atoms with E-state index in [9.17, 15) is 9.59 Å². The molecule has 1 unspecified atom stereocenters. The minimum atomic E-state index is -0.130. The highest BCUT2D eigenvalue weighted by Gasteiger charge is 2.33. The first-order valence-electron chi connectivity index (χ1n) is 8.30. The van der Waals surface area contributed by atoms with Crippen LogP contribution in [0.4, 0.5) is 4.79 Å². The third kappa shape index (κ3) is 3.66. The van der Waals surface area contributed by atoms with Crippen LogP contribution in [0.2, 0.25) is 0 Å². The molecule has 1 heterocycles. The molecule has 5 heteroatoms. The molecule has 124 valence electrons. The number of amides is 3. The first kappa shape index (κ1) is 15.8. The maximum absolute atomic E-state index is 12.1. The normalized spacial score (nSPS) is 22.6. The Kier molecular flexibility index (Phi) is 4.28. The molecule has 1 saturated heterocycles. The lowest BCUT2D eigenvalue weighted by molar-refractivity contribution is -0.132. The van der Waals surface area contributed by atoms with E-state index in [4.69, 9.17) is 0 Å². The van der Waals surface area contributed by atoms with Gasteiger partial charge in [0.25, 0.3) is 0 Å². The molecule has 1 aromatic carbocycles. The van der Waals surface area contributed by atoms with Crippen LogP contribution in [0, 0.1) is 5.41 Å². The third-order valence-electron chi connectivity index (χ3n) is 4.99. The van der Waals surface area contributed by atoms with Gasteiger partial charge in [0.1, 0.15) is 0 Å². The van der Waals surface area contributed by atoms with Crippen LogP contribution in [0.3, 0.4) is 0 Å². The third-order valence-corrected chi connectivity index (χ3v) is 4.99. The lowest BCUT2D eigenvalue weighted by atomic mass is 9.87. The molecule has 2 aliphatic rings. The van der Waals surface area contributed by atoms with Gasteiger partial charge in [0, 0.05) is 32.6 Å². The van der Waals surface area contributed by atoms with Crippen molar-refractivity contribution in [3.8, 4) is 0 Å². The second-order valence-electron chi connectivity index (χ2n) is 7.27. The average Bonchev–Trinajstić information content (AvgIpc) is 2.86. The van der Waals surface area contributed by atoms with Crippen molar-refractivity contribution in [2.45, 2.75) is 38.6 Å². The summed E-state index contributed by atoms with van der Waals surface area (Å²) in [5.74, 6) is 0.152. The van der Waals surface area contributed by atoms with Crippen molar-refractivity contribution in [1.82, 2.24) is 15.5 Å². The fourth-order valence-electron chi connectivity index (χ4n) is 3.67. The summed E-state index contributed by atoms with van der Waals surface area (Å²) in [5, 5.41) is 6.01. The summed E-state index contributed by atoms with van der Waals surface area (Å²) < 4.78 is 0. The van der Waals surface area contributed by atoms with Crippen LogP contribution >= 0.6 is 0 Å². The zero-order chi connectivity index (χ0) is 16.4. The number of nitrogens with one attached hydrogen (secondary N) is 2. The van der Waals surface area contributed by atoms with Crippen LogP contribution < -0.4 is 10.6 Å². The number of rotatable bonds is 3. The Labute approximate surface area is 137 Å². The fraction of sp³-hybridized carbons (Fsp3) is 0.556. The summed E-state index contributed by atoms with van der Waals surface area (Å²) in [4.78, 5) is 25.3. The topological polar surface area (TPSA) is 61.4 Å². The van der Waals surface area contributed by atoms with Crippen LogP contribution in [0.1, 0.15) is 30.9 Å². The van der Waals surface area contributed by atoms with Crippen molar-refractivity contribution in [1.29, 1.82) is 0 Å². The smallest absolute Gasteiger partial charge is 0.315 e. The van der Waals surface area contributed by atoms with Gasteiger partial charge in [-0.3, -0.25) is 4.79 Å². The lowest BCUT2D eigenvalue weighted by Crippen LogP contribution is -2.52. The summed E-state index contributed by atoms with van der Waals surface area (Å²) in [6.45, 7) is 3.48. The van der Waals surface area contributed by atoms with Crippen molar-refractivity contribution in [2.24, 2.45) is 5.41 Å². The number of urea groups is 1. The van der Waals surface area contributed by atoms with Crippen molar-refractivity contribution in [3.05, 3.63) is 35.4 Å². The van der Waals surface area contributed by atoms with Crippen LogP contribution in [-0.2, 0) is 17.6 Å². The van der Waals surface area contributed by atoms with Gasteiger partial charge in [-0.25, -0.2) is 4.79 Å². The molecule has 0 bridgehead atoms. The Morgan fingerprint density at radius 1 is 1.30 bits per heavy atom. The number of benzene rings is 1. The first-order valence-corrected chi connectivity index (χ1v) is 8.30. The quantitative estimate of drug-likeness (QED) is 0.892. The zero-order valence-corrected chi connectivity index (χ0v) is 13.9. The molecule has 0 saturated carbocycles. The molecule has 2 N–H and O–H groups in total. The maximum Gasteiger partial charge on any atom is 0.315 e.